The van der Waals surface area contributed by atoms with Crippen molar-refractivity contribution in [1.82, 2.24) is 39.7 Å². The number of nitrogens with zero attached hydrogens (tertiary/aromatic N) is 6. The van der Waals surface area contributed by atoms with Crippen LogP contribution >= 0.6 is 19.2 Å². The van der Waals surface area contributed by atoms with Gasteiger partial charge in [-0.2, -0.15) is 59.1 Å². The zero-order valence-electron chi connectivity index (χ0n) is 49.5. The highest BCUT2D eigenvalue weighted by atomic mass is 35.5. The van der Waals surface area contributed by atoms with E-state index in [9.17, 15) is 99.4 Å². The van der Waals surface area contributed by atoms with E-state index < -0.39 is 172 Å². The van der Waals surface area contributed by atoms with E-state index >= 15 is 0 Å². The fourth-order valence-corrected chi connectivity index (χ4v) is 10.7. The molecule has 0 atom stereocenters. The van der Waals surface area contributed by atoms with E-state index in [1.54, 1.807) is 10.0 Å². The lowest BCUT2D eigenvalue weighted by Gasteiger charge is -2.12. The number of carbonyl (C=O) groups is 6. The summed E-state index contributed by atoms with van der Waals surface area (Å²) in [5.41, 5.74) is -2.81. The van der Waals surface area contributed by atoms with Crippen LogP contribution < -0.4 is 49.1 Å². The van der Waals surface area contributed by atoms with Crippen molar-refractivity contribution < 1.29 is 147 Å². The fraction of sp³-hybridized carbons (Fsp3) is 0.245. The molecule has 0 radical (unpaired) electrons. The Morgan fingerprint density at radius 2 is 1.23 bits per heavy atom. The van der Waals surface area contributed by atoms with Crippen LogP contribution in [-0.4, -0.2) is 170 Å². The van der Waals surface area contributed by atoms with Crippen molar-refractivity contribution in [3.8, 4) is 35.0 Å². The lowest BCUT2D eigenvalue weighted by Crippen LogP contribution is -2.36. The van der Waals surface area contributed by atoms with E-state index in [0.717, 1.165) is 54.7 Å². The number of hydrogen-bond donors (Lipinski definition) is 9. The van der Waals surface area contributed by atoms with E-state index in [2.05, 4.69) is 49.8 Å². The number of pyridine rings is 1. The van der Waals surface area contributed by atoms with Crippen LogP contribution in [0.4, 0.5) is 57.9 Å². The molecular weight excluding hydrogens is 1450 g/mol. The van der Waals surface area contributed by atoms with E-state index in [0.29, 0.717) is 12.1 Å². The van der Waals surface area contributed by atoms with Gasteiger partial charge in [-0.3, -0.25) is 35.4 Å². The van der Waals surface area contributed by atoms with Crippen LogP contribution in [0.2, 0.25) is 5.02 Å². The summed E-state index contributed by atoms with van der Waals surface area (Å²) in [6.07, 6.45) is -4.11. The molecule has 6 rings (SSSR count). The molecule has 6 aromatic rings. The Morgan fingerprint density at radius 1 is 0.704 bits per heavy atom. The number of carboxylic acid groups (broad SMARTS) is 2. The predicted octanol–water partition coefficient (Wildman–Crippen LogP) is 5.66. The van der Waals surface area contributed by atoms with Gasteiger partial charge in [-0.1, -0.05) is 30.7 Å². The van der Waals surface area contributed by atoms with Gasteiger partial charge in [0.2, 0.25) is 35.4 Å². The quantitative estimate of drug-likeness (QED) is 0.0104. The summed E-state index contributed by atoms with van der Waals surface area (Å²) in [7, 11) is -14.7. The Hall–Kier alpha value is -10.4. The summed E-state index contributed by atoms with van der Waals surface area (Å²) in [5.74, 6) is -8.48. The maximum absolute atomic E-state index is 12.7. The summed E-state index contributed by atoms with van der Waals surface area (Å²) in [5, 5.41) is 32.9. The number of carbonyl (C=O) groups excluding carboxylic acids is 4. The molecule has 3 heterocycles. The number of carboxylic acids is 2. The summed E-state index contributed by atoms with van der Waals surface area (Å²) >= 11 is 5.81. The first-order valence-corrected chi connectivity index (χ1v) is 32.4. The minimum Gasteiger partial charge on any atom is -0.481 e. The summed E-state index contributed by atoms with van der Waals surface area (Å²) in [4.78, 5) is 112. The average Bonchev–Trinajstić information content (AvgIpc) is 0.793. The molecule has 4 amide bonds. The second-order valence-electron chi connectivity index (χ2n) is 17.2. The lowest BCUT2D eigenvalue weighted by molar-refractivity contribution is -0.385. The SMILES string of the molecule is CCOC(=O)COC(=O)c1cc(Oc2ccc(C(F)(F)F)cc2Cl)ccc1[N+](=O)[O-].CCS(=O)(=O)c1cccnc1S(=O)(=O)NC(=O)Nc1nc(OC)cc(OC)n1.O=C(Nc1nc(OC(F)F)cc(OC(F)F)n1)NS(=O)(=O)c1ccccc1C(=O)O.O=C(O)CNCP(=O)(O)O. The van der Waals surface area contributed by atoms with Gasteiger partial charge in [0.25, 0.3) is 25.7 Å². The number of rotatable bonds is 26. The van der Waals surface area contributed by atoms with Gasteiger partial charge in [0.1, 0.15) is 26.9 Å². The van der Waals surface area contributed by atoms with Crippen LogP contribution in [-0.2, 0) is 59.7 Å². The van der Waals surface area contributed by atoms with Crippen LogP contribution in [0.15, 0.2) is 106 Å². The third-order valence-electron chi connectivity index (χ3n) is 10.3. The number of aliphatic carboxylic acids is 1. The Balaban J connectivity index is 0.000000357. The molecule has 0 aliphatic rings. The van der Waals surface area contributed by atoms with Crippen molar-refractivity contribution in [2.75, 3.05) is 56.7 Å². The monoisotopic (exact) mass is 1500 g/mol. The first-order valence-electron chi connectivity index (χ1n) is 25.6. The second kappa shape index (κ2) is 36.6. The molecule has 0 saturated carbocycles. The number of anilines is 2. The number of amides is 4. The van der Waals surface area contributed by atoms with Gasteiger partial charge in [-0.25, -0.2) is 55.2 Å². The van der Waals surface area contributed by atoms with Crippen molar-refractivity contribution in [2.45, 2.75) is 48.1 Å². The Morgan fingerprint density at radius 3 is 1.71 bits per heavy atom. The minimum absolute atomic E-state index is 0.0493. The predicted molar refractivity (Wildman–Crippen MR) is 314 cm³/mol. The maximum atomic E-state index is 12.7. The topological polar surface area (TPSA) is 535 Å². The molecule has 0 saturated heterocycles. The van der Waals surface area contributed by atoms with Crippen molar-refractivity contribution in [3.63, 3.8) is 0 Å². The van der Waals surface area contributed by atoms with Crippen LogP contribution in [0.3, 0.4) is 0 Å². The summed E-state index contributed by atoms with van der Waals surface area (Å²) in [6.45, 7) is -5.08. The van der Waals surface area contributed by atoms with Gasteiger partial charge in [0.05, 0.1) is 72.6 Å². The van der Waals surface area contributed by atoms with Crippen molar-refractivity contribution >= 4 is 103 Å². The number of esters is 2. The maximum Gasteiger partial charge on any atom is 0.416 e. The number of benzene rings is 3. The first-order chi connectivity index (χ1) is 45.5. The number of nitro groups is 1. The Kier molecular flexibility index (Phi) is 30.5. The van der Waals surface area contributed by atoms with Crippen LogP contribution in [0.25, 0.3) is 0 Å². The number of aromatic carboxylic acids is 1. The smallest absolute Gasteiger partial charge is 0.416 e. The molecule has 0 bridgehead atoms. The zero-order chi connectivity index (χ0) is 74.1. The third-order valence-corrected chi connectivity index (χ3v) is 15.8. The molecule has 0 aliphatic heterocycles. The standard InChI is InChI=1S/C18H13ClF3NO7.C14H10F4N4O7S.C14H17N5O7S2.C3H8NO5P/c1-2-28-16(24)9-29-17(25)12-8-11(4-5-14(12)23(26)27)30-15-6-3-10(7-13(15)19)18(20,21)22;15-11(16)28-8-5-9(29-12(17)18)20-13(19-8)21-14(25)22-30(26,27)7-4-2-1-3-6(7)10(23)24;1-4-27(21,22)9-6-5-7-15-12(9)28(23,24)19-14(20)18-13-16-10(25-2)8-11(17-13)26-3;5-3(6)1-4-2-10(7,8)9/h3-8H,2,9H2,1H3;1-5,11-12H,(H,23,24)(H2,19,20,21,22,25);5-8H,4H2,1-3H3,(H2,16,17,18,19,20);4H,1-2H2,(H,5,6)(H2,7,8,9). The van der Waals surface area contributed by atoms with E-state index in [4.69, 9.17) is 50.5 Å². The Labute approximate surface area is 550 Å². The lowest BCUT2D eigenvalue weighted by atomic mass is 10.1. The van der Waals surface area contributed by atoms with Crippen LogP contribution in [0.1, 0.15) is 40.1 Å². The molecule has 37 nitrogen and oxygen atoms in total. The summed E-state index contributed by atoms with van der Waals surface area (Å²) < 4.78 is 207. The number of urea groups is 2. The normalized spacial score (nSPS) is 11.3. The van der Waals surface area contributed by atoms with Gasteiger partial charge in [-0.05, 0) is 55.5 Å². The number of halogens is 8. The molecule has 0 unspecified atom stereocenters. The van der Waals surface area contributed by atoms with E-state index in [-0.39, 0.29) is 46.6 Å². The molecule has 0 aliphatic carbocycles. The number of aromatic nitrogens is 5. The summed E-state index contributed by atoms with van der Waals surface area (Å²) in [6, 6.07) is 11.1. The number of alkyl halides is 7. The van der Waals surface area contributed by atoms with Crippen LogP contribution in [0, 0.1) is 10.1 Å². The van der Waals surface area contributed by atoms with Crippen molar-refractivity contribution in [3.05, 3.63) is 123 Å². The highest BCUT2D eigenvalue weighted by Crippen LogP contribution is 2.38. The number of nitro benzene ring substituents is 1. The van der Waals surface area contributed by atoms with Gasteiger partial charge >= 0.3 is 62.9 Å². The van der Waals surface area contributed by atoms with Gasteiger partial charge < -0.3 is 53.2 Å². The molecule has 3 aromatic carbocycles. The third kappa shape index (κ3) is 27.3. The van der Waals surface area contributed by atoms with Gasteiger partial charge in [0, 0.05) is 18.3 Å². The molecule has 49 heteroatoms. The van der Waals surface area contributed by atoms with Gasteiger partial charge in [-0.15, -0.1) is 0 Å². The fourth-order valence-electron chi connectivity index (χ4n) is 6.38. The van der Waals surface area contributed by atoms with Gasteiger partial charge in [0.15, 0.2) is 21.5 Å². The number of ether oxygens (including phenoxy) is 7. The van der Waals surface area contributed by atoms with E-state index in [1.807, 2.05) is 0 Å². The molecule has 9 N–H and O–H groups in total. The molecule has 3 aromatic heterocycles. The van der Waals surface area contributed by atoms with Crippen LogP contribution in [0.5, 0.6) is 35.0 Å². The number of sulfone groups is 1. The Bertz CT molecular complexity index is 4240. The van der Waals surface area contributed by atoms with Crippen molar-refractivity contribution in [1.29, 1.82) is 0 Å². The largest absolute Gasteiger partial charge is 0.481 e. The second-order valence-corrected chi connectivity index (χ2v) is 24.8. The number of hydrogen-bond acceptors (Lipinski definition) is 28. The number of sulfonamides is 2. The van der Waals surface area contributed by atoms with E-state index in [1.165, 1.54) is 57.1 Å². The molecule has 534 valence electrons. The zero-order valence-corrected chi connectivity index (χ0v) is 53.6. The molecule has 0 fully saturated rings. The molecule has 98 heavy (non-hydrogen) atoms. The first kappa shape index (κ1) is 81.8. The minimum atomic E-state index is -4.71. The highest BCUT2D eigenvalue weighted by molar-refractivity contribution is 7.93. The number of nitrogens with one attached hydrogen (secondary N) is 5. The highest BCUT2D eigenvalue weighted by Gasteiger charge is 2.33. The average molecular weight is 1500 g/mol. The number of methoxy groups -OCH3 is 2. The molecular formula is C49H48ClF7N11O26PS3. The molecule has 0 spiro atoms. The van der Waals surface area contributed by atoms with Crippen molar-refractivity contribution in [2.24, 2.45) is 0 Å².